The maximum atomic E-state index is 14.4. The number of hydrogen-bond acceptors (Lipinski definition) is 3. The number of anilines is 2. The van der Waals surface area contributed by atoms with Crippen molar-refractivity contribution in [2.75, 3.05) is 11.1 Å². The third kappa shape index (κ3) is 4.55. The molecule has 0 aliphatic carbocycles. The van der Waals surface area contributed by atoms with Gasteiger partial charge in [-0.25, -0.2) is 18.3 Å². The highest BCUT2D eigenvalue weighted by Gasteiger charge is 2.22. The lowest BCUT2D eigenvalue weighted by Crippen LogP contribution is -2.28. The lowest BCUT2D eigenvalue weighted by Gasteiger charge is -2.09. The van der Waals surface area contributed by atoms with E-state index in [0.29, 0.717) is 10.6 Å². The van der Waals surface area contributed by atoms with E-state index < -0.39 is 17.7 Å². The van der Waals surface area contributed by atoms with E-state index in [1.807, 2.05) is 30.3 Å². The maximum absolute atomic E-state index is 14.4. The van der Waals surface area contributed by atoms with Gasteiger partial charge in [0.15, 0.2) is 5.82 Å². The summed E-state index contributed by atoms with van der Waals surface area (Å²) in [6, 6.07) is 18.4. The molecule has 0 fully saturated rings. The first-order chi connectivity index (χ1) is 15.4. The number of nitrogens with one attached hydrogen (secondary N) is 2. The Labute approximate surface area is 187 Å². The van der Waals surface area contributed by atoms with Gasteiger partial charge in [0.2, 0.25) is 0 Å². The third-order valence-corrected chi connectivity index (χ3v) is 4.96. The smallest absolute Gasteiger partial charge is 0.319 e. The molecule has 4 aromatic rings. The molecule has 0 aliphatic heterocycles. The largest absolute Gasteiger partial charge is 0.382 e. The zero-order valence-electron chi connectivity index (χ0n) is 16.6. The highest BCUT2D eigenvalue weighted by atomic mass is 35.5. The molecule has 0 spiro atoms. The molecule has 32 heavy (non-hydrogen) atoms. The van der Waals surface area contributed by atoms with Gasteiger partial charge in [-0.1, -0.05) is 54.1 Å². The highest BCUT2D eigenvalue weighted by molar-refractivity contribution is 6.30. The van der Waals surface area contributed by atoms with Gasteiger partial charge in [0.25, 0.3) is 0 Å². The van der Waals surface area contributed by atoms with E-state index in [-0.39, 0.29) is 29.4 Å². The predicted octanol–water partition coefficient (Wildman–Crippen LogP) is 5.37. The molecule has 1 aromatic heterocycles. The summed E-state index contributed by atoms with van der Waals surface area (Å²) in [6.07, 6.45) is 0. The van der Waals surface area contributed by atoms with Crippen LogP contribution >= 0.6 is 11.6 Å². The van der Waals surface area contributed by atoms with Crippen molar-refractivity contribution in [3.05, 3.63) is 95.0 Å². The highest BCUT2D eigenvalue weighted by Crippen LogP contribution is 2.35. The van der Waals surface area contributed by atoms with Gasteiger partial charge in [0, 0.05) is 23.2 Å². The third-order valence-electron chi connectivity index (χ3n) is 4.71. The number of hydrogen-bond donors (Lipinski definition) is 3. The molecule has 1 heterocycles. The number of nitrogen functional groups attached to an aromatic ring is 1. The number of amides is 2. The quantitative estimate of drug-likeness (QED) is 0.379. The summed E-state index contributed by atoms with van der Waals surface area (Å²) < 4.78 is 29.2. The molecule has 6 nitrogen and oxygen atoms in total. The number of rotatable bonds is 5. The average Bonchev–Trinajstić information content (AvgIpc) is 3.11. The van der Waals surface area contributed by atoms with Crippen molar-refractivity contribution < 1.29 is 13.6 Å². The van der Waals surface area contributed by atoms with E-state index in [0.717, 1.165) is 28.4 Å². The van der Waals surface area contributed by atoms with E-state index in [1.165, 1.54) is 0 Å². The van der Waals surface area contributed by atoms with Crippen LogP contribution in [0, 0.1) is 11.6 Å². The Morgan fingerprint density at radius 3 is 2.47 bits per heavy atom. The van der Waals surface area contributed by atoms with Crippen LogP contribution in [0.2, 0.25) is 5.02 Å². The molecule has 9 heteroatoms. The van der Waals surface area contributed by atoms with Gasteiger partial charge >= 0.3 is 6.03 Å². The molecule has 0 saturated heterocycles. The van der Waals surface area contributed by atoms with Crippen LogP contribution in [0.25, 0.3) is 16.9 Å². The molecule has 0 saturated carbocycles. The van der Waals surface area contributed by atoms with Gasteiger partial charge in [-0.3, -0.25) is 0 Å². The number of halogens is 3. The van der Waals surface area contributed by atoms with Crippen molar-refractivity contribution in [3.63, 3.8) is 0 Å². The standard InChI is InChI=1S/C23H18ClF2N5O/c24-16-8-6-15(7-9-16)20-21(29-23(32)28-13-14-4-2-1-3-5-14)22(27)31(30-20)19-12-17(25)10-11-18(19)26/h1-12H,13,27H2,(H2,28,29,32). The summed E-state index contributed by atoms with van der Waals surface area (Å²) in [5.74, 6) is -1.43. The van der Waals surface area contributed by atoms with Gasteiger partial charge in [-0.2, -0.15) is 5.10 Å². The van der Waals surface area contributed by atoms with E-state index in [9.17, 15) is 13.6 Å². The molecule has 0 unspecified atom stereocenters. The van der Waals surface area contributed by atoms with Crippen molar-refractivity contribution in [3.8, 4) is 16.9 Å². The molecule has 2 amide bonds. The minimum absolute atomic E-state index is 0.0608. The van der Waals surface area contributed by atoms with Gasteiger partial charge in [-0.05, 0) is 29.8 Å². The summed E-state index contributed by atoms with van der Waals surface area (Å²) >= 11 is 5.97. The molecule has 0 radical (unpaired) electrons. The summed E-state index contributed by atoms with van der Waals surface area (Å²) in [6.45, 7) is 0.287. The minimum atomic E-state index is -0.719. The summed E-state index contributed by atoms with van der Waals surface area (Å²) in [7, 11) is 0. The van der Waals surface area contributed by atoms with Crippen molar-refractivity contribution >= 4 is 29.1 Å². The van der Waals surface area contributed by atoms with E-state index in [1.54, 1.807) is 24.3 Å². The van der Waals surface area contributed by atoms with Gasteiger partial charge in [0.05, 0.1) is 0 Å². The Balaban J connectivity index is 1.70. The molecule has 3 aromatic carbocycles. The summed E-state index contributed by atoms with van der Waals surface area (Å²) in [5, 5.41) is 10.3. The van der Waals surface area contributed by atoms with E-state index in [2.05, 4.69) is 15.7 Å². The van der Waals surface area contributed by atoms with Crippen LogP contribution in [0.1, 0.15) is 5.56 Å². The van der Waals surface area contributed by atoms with Crippen LogP contribution < -0.4 is 16.4 Å². The maximum Gasteiger partial charge on any atom is 0.319 e. The lowest BCUT2D eigenvalue weighted by molar-refractivity contribution is 0.252. The number of benzene rings is 3. The van der Waals surface area contributed by atoms with Crippen LogP contribution in [0.4, 0.5) is 25.1 Å². The SMILES string of the molecule is Nc1c(NC(=O)NCc2ccccc2)c(-c2ccc(Cl)cc2)nn1-c1cc(F)ccc1F. The Bertz CT molecular complexity index is 1260. The van der Waals surface area contributed by atoms with Crippen molar-refractivity contribution in [1.82, 2.24) is 15.1 Å². The molecule has 4 N–H and O–H groups in total. The molecular weight excluding hydrogens is 436 g/mol. The second-order valence-corrected chi connectivity index (χ2v) is 7.35. The van der Waals surface area contributed by atoms with Crippen molar-refractivity contribution in [1.29, 1.82) is 0 Å². The molecule has 0 aliphatic rings. The predicted molar refractivity (Wildman–Crippen MR) is 121 cm³/mol. The Morgan fingerprint density at radius 1 is 1.03 bits per heavy atom. The van der Waals surface area contributed by atoms with Gasteiger partial charge < -0.3 is 16.4 Å². The second kappa shape index (κ2) is 9.07. The first-order valence-electron chi connectivity index (χ1n) is 9.61. The Hall–Kier alpha value is -3.91. The molecule has 0 atom stereocenters. The molecule has 0 bridgehead atoms. The Kier molecular flexibility index (Phi) is 6.04. The van der Waals surface area contributed by atoms with Crippen LogP contribution in [-0.4, -0.2) is 15.8 Å². The topological polar surface area (TPSA) is 85.0 Å². The van der Waals surface area contributed by atoms with Gasteiger partial charge in [-0.15, -0.1) is 0 Å². The average molecular weight is 454 g/mol. The molecule has 162 valence electrons. The number of aromatic nitrogens is 2. The van der Waals surface area contributed by atoms with Crippen molar-refractivity contribution in [2.24, 2.45) is 0 Å². The number of urea groups is 1. The fourth-order valence-corrected chi connectivity index (χ4v) is 3.26. The molecular formula is C23H18ClF2N5O. The Morgan fingerprint density at radius 2 is 1.75 bits per heavy atom. The number of nitrogens with zero attached hydrogens (tertiary/aromatic N) is 2. The fraction of sp³-hybridized carbons (Fsp3) is 0.0435. The van der Waals surface area contributed by atoms with Crippen molar-refractivity contribution in [2.45, 2.75) is 6.54 Å². The van der Waals surface area contributed by atoms with Gasteiger partial charge in [0.1, 0.15) is 28.7 Å². The second-order valence-electron chi connectivity index (χ2n) is 6.92. The van der Waals surface area contributed by atoms with Crippen LogP contribution in [0.15, 0.2) is 72.8 Å². The first kappa shape index (κ1) is 21.3. The molecule has 4 rings (SSSR count). The minimum Gasteiger partial charge on any atom is -0.382 e. The summed E-state index contributed by atoms with van der Waals surface area (Å²) in [4.78, 5) is 12.6. The van der Waals surface area contributed by atoms with Crippen LogP contribution in [0.5, 0.6) is 0 Å². The number of nitrogens with two attached hydrogens (primary N) is 1. The fourth-order valence-electron chi connectivity index (χ4n) is 3.13. The van der Waals surface area contributed by atoms with Crippen LogP contribution in [0.3, 0.4) is 0 Å². The lowest BCUT2D eigenvalue weighted by atomic mass is 10.1. The number of carbonyl (C=O) groups excluding carboxylic acids is 1. The number of carbonyl (C=O) groups is 1. The summed E-state index contributed by atoms with van der Waals surface area (Å²) in [5.41, 5.74) is 7.95. The zero-order valence-corrected chi connectivity index (χ0v) is 17.4. The van der Waals surface area contributed by atoms with Crippen LogP contribution in [-0.2, 0) is 6.54 Å². The first-order valence-corrected chi connectivity index (χ1v) is 9.99. The monoisotopic (exact) mass is 453 g/mol. The van der Waals surface area contributed by atoms with E-state index in [4.69, 9.17) is 17.3 Å². The zero-order chi connectivity index (χ0) is 22.7. The normalized spacial score (nSPS) is 10.7. The van der Waals surface area contributed by atoms with E-state index >= 15 is 0 Å².